The molecule has 0 fully saturated rings. The van der Waals surface area contributed by atoms with Crippen LogP contribution in [0.2, 0.25) is 0 Å². The van der Waals surface area contributed by atoms with E-state index >= 15 is 0 Å². The van der Waals surface area contributed by atoms with Crippen molar-refractivity contribution in [2.75, 3.05) is 20.3 Å². The van der Waals surface area contributed by atoms with Gasteiger partial charge in [0.1, 0.15) is 24.7 Å². The molecule has 0 aliphatic carbocycles. The van der Waals surface area contributed by atoms with E-state index in [-0.39, 0.29) is 5.91 Å². The molecule has 7 nitrogen and oxygen atoms in total. The number of nitrogens with zero attached hydrogens (tertiary/aromatic N) is 1. The summed E-state index contributed by atoms with van der Waals surface area (Å²) in [7, 11) is 1.61. The summed E-state index contributed by atoms with van der Waals surface area (Å²) in [5, 5.41) is 4.90. The average Bonchev–Trinajstić information content (AvgIpc) is 3.11. The van der Waals surface area contributed by atoms with E-state index in [1.807, 2.05) is 36.4 Å². The number of amides is 1. The van der Waals surface area contributed by atoms with Crippen LogP contribution in [0.3, 0.4) is 0 Å². The van der Waals surface area contributed by atoms with Gasteiger partial charge in [0, 0.05) is 10.9 Å². The Hall–Kier alpha value is -3.48. The molecular weight excluding hydrogens is 334 g/mol. The molecule has 26 heavy (non-hydrogen) atoms. The second-order valence-corrected chi connectivity index (χ2v) is 5.74. The summed E-state index contributed by atoms with van der Waals surface area (Å²) >= 11 is 0. The zero-order chi connectivity index (χ0) is 17.9. The highest BCUT2D eigenvalue weighted by molar-refractivity contribution is 5.98. The molecule has 1 aliphatic rings. The van der Waals surface area contributed by atoms with E-state index in [0.717, 1.165) is 22.2 Å². The Bertz CT molecular complexity index is 994. The topological polar surface area (TPSA) is 84.9 Å². The number of aromatic nitrogens is 1. The third-order valence-electron chi connectivity index (χ3n) is 4.02. The van der Waals surface area contributed by atoms with Gasteiger partial charge in [0.05, 0.1) is 13.3 Å². The average molecular weight is 351 g/mol. The van der Waals surface area contributed by atoms with Crippen LogP contribution in [0.5, 0.6) is 17.2 Å². The first-order valence-corrected chi connectivity index (χ1v) is 8.13. The Morgan fingerprint density at radius 2 is 2.00 bits per heavy atom. The molecule has 2 heterocycles. The van der Waals surface area contributed by atoms with Gasteiger partial charge in [-0.05, 0) is 48.0 Å². The SMILES string of the molecule is COc1ccc2[nH]c(C(=O)N/N=C\c3ccc4c(c3)OCCO4)cc2c1. The molecule has 1 amide bonds. The lowest BCUT2D eigenvalue weighted by Crippen LogP contribution is -2.18. The Morgan fingerprint density at radius 3 is 2.85 bits per heavy atom. The molecule has 4 rings (SSSR count). The Balaban J connectivity index is 1.45. The summed E-state index contributed by atoms with van der Waals surface area (Å²) in [6.45, 7) is 1.07. The fourth-order valence-corrected chi connectivity index (χ4v) is 2.73. The van der Waals surface area contributed by atoms with Gasteiger partial charge in [-0.1, -0.05) is 0 Å². The summed E-state index contributed by atoms with van der Waals surface area (Å²) in [5.74, 6) is 1.80. The van der Waals surface area contributed by atoms with E-state index in [9.17, 15) is 4.79 Å². The van der Waals surface area contributed by atoms with Crippen molar-refractivity contribution in [1.29, 1.82) is 0 Å². The molecular formula is C19H17N3O4. The van der Waals surface area contributed by atoms with Gasteiger partial charge in [0.2, 0.25) is 0 Å². The first-order valence-electron chi connectivity index (χ1n) is 8.13. The van der Waals surface area contributed by atoms with Gasteiger partial charge in [-0.3, -0.25) is 4.79 Å². The number of carbonyl (C=O) groups is 1. The minimum Gasteiger partial charge on any atom is -0.497 e. The van der Waals surface area contributed by atoms with Gasteiger partial charge in [-0.25, -0.2) is 5.43 Å². The minimum absolute atomic E-state index is 0.325. The van der Waals surface area contributed by atoms with Gasteiger partial charge < -0.3 is 19.2 Å². The van der Waals surface area contributed by atoms with Crippen molar-refractivity contribution in [3.8, 4) is 17.2 Å². The van der Waals surface area contributed by atoms with E-state index in [2.05, 4.69) is 15.5 Å². The van der Waals surface area contributed by atoms with Crippen LogP contribution in [0.25, 0.3) is 10.9 Å². The Labute approximate surface area is 149 Å². The summed E-state index contributed by atoms with van der Waals surface area (Å²) in [6, 6.07) is 12.8. The lowest BCUT2D eigenvalue weighted by molar-refractivity contribution is 0.0951. The lowest BCUT2D eigenvalue weighted by Gasteiger charge is -2.18. The van der Waals surface area contributed by atoms with E-state index < -0.39 is 0 Å². The quantitative estimate of drug-likeness (QED) is 0.559. The van der Waals surface area contributed by atoms with Crippen molar-refractivity contribution >= 4 is 23.0 Å². The Morgan fingerprint density at radius 1 is 1.15 bits per heavy atom. The number of carbonyl (C=O) groups excluding carboxylic acids is 1. The number of nitrogens with one attached hydrogen (secondary N) is 2. The molecule has 0 atom stereocenters. The standard InChI is InChI=1S/C19H17N3O4/c1-24-14-3-4-15-13(9-14)10-16(21-15)19(23)22-20-11-12-2-5-17-18(8-12)26-7-6-25-17/h2-5,8-11,21H,6-7H2,1H3,(H,22,23)/b20-11-. The highest BCUT2D eigenvalue weighted by atomic mass is 16.6. The Kier molecular flexibility index (Phi) is 4.18. The summed E-state index contributed by atoms with van der Waals surface area (Å²) in [5.41, 5.74) is 4.59. The maximum atomic E-state index is 12.3. The number of hydrogen-bond donors (Lipinski definition) is 2. The third kappa shape index (κ3) is 3.19. The predicted octanol–water partition coefficient (Wildman–Crippen LogP) is 2.71. The van der Waals surface area contributed by atoms with Gasteiger partial charge >= 0.3 is 0 Å². The van der Waals surface area contributed by atoms with Gasteiger partial charge in [0.25, 0.3) is 5.91 Å². The number of benzene rings is 2. The van der Waals surface area contributed by atoms with Gasteiger partial charge in [-0.2, -0.15) is 5.10 Å². The molecule has 0 saturated heterocycles. The van der Waals surface area contributed by atoms with Crippen LogP contribution in [0, 0.1) is 0 Å². The van der Waals surface area contributed by atoms with Crippen molar-refractivity contribution in [3.63, 3.8) is 0 Å². The highest BCUT2D eigenvalue weighted by Crippen LogP contribution is 2.30. The van der Waals surface area contributed by atoms with Crippen LogP contribution in [0.1, 0.15) is 16.1 Å². The number of hydrogen-bond acceptors (Lipinski definition) is 5. The van der Waals surface area contributed by atoms with Crippen LogP contribution in [0.4, 0.5) is 0 Å². The van der Waals surface area contributed by atoms with Gasteiger partial charge in [0.15, 0.2) is 11.5 Å². The maximum absolute atomic E-state index is 12.3. The normalized spacial score (nSPS) is 13.1. The number of aromatic amines is 1. The molecule has 2 N–H and O–H groups in total. The second kappa shape index (κ2) is 6.79. The van der Waals surface area contributed by atoms with Gasteiger partial charge in [-0.15, -0.1) is 0 Å². The molecule has 0 unspecified atom stereocenters. The smallest absolute Gasteiger partial charge is 0.287 e. The molecule has 132 valence electrons. The van der Waals surface area contributed by atoms with E-state index in [1.165, 1.54) is 0 Å². The van der Waals surface area contributed by atoms with Crippen molar-refractivity contribution in [1.82, 2.24) is 10.4 Å². The number of methoxy groups -OCH3 is 1. The molecule has 7 heteroatoms. The number of rotatable bonds is 4. The fraction of sp³-hybridized carbons (Fsp3) is 0.158. The summed E-state index contributed by atoms with van der Waals surface area (Å²) in [6.07, 6.45) is 1.56. The second-order valence-electron chi connectivity index (χ2n) is 5.74. The lowest BCUT2D eigenvalue weighted by atomic mass is 10.2. The zero-order valence-electron chi connectivity index (χ0n) is 14.1. The molecule has 3 aromatic rings. The van der Waals surface area contributed by atoms with E-state index in [4.69, 9.17) is 14.2 Å². The third-order valence-corrected chi connectivity index (χ3v) is 4.02. The van der Waals surface area contributed by atoms with Crippen LogP contribution in [-0.4, -0.2) is 37.4 Å². The van der Waals surface area contributed by atoms with Crippen LogP contribution in [-0.2, 0) is 0 Å². The molecule has 0 spiro atoms. The summed E-state index contributed by atoms with van der Waals surface area (Å²) in [4.78, 5) is 15.3. The van der Waals surface area contributed by atoms with E-state index in [0.29, 0.717) is 30.4 Å². The molecule has 0 radical (unpaired) electrons. The van der Waals surface area contributed by atoms with Crippen LogP contribution in [0.15, 0.2) is 47.6 Å². The fourth-order valence-electron chi connectivity index (χ4n) is 2.73. The number of H-pyrrole nitrogens is 1. The molecule has 2 aromatic carbocycles. The van der Waals surface area contributed by atoms with Crippen molar-refractivity contribution < 1.29 is 19.0 Å². The zero-order valence-corrected chi connectivity index (χ0v) is 14.1. The van der Waals surface area contributed by atoms with Crippen molar-refractivity contribution in [2.45, 2.75) is 0 Å². The van der Waals surface area contributed by atoms with E-state index in [1.54, 1.807) is 19.4 Å². The first kappa shape index (κ1) is 16.0. The minimum atomic E-state index is -0.325. The number of ether oxygens (including phenoxy) is 3. The number of hydrazone groups is 1. The molecule has 1 aliphatic heterocycles. The molecule has 1 aromatic heterocycles. The first-order chi connectivity index (χ1) is 12.7. The maximum Gasteiger partial charge on any atom is 0.287 e. The predicted molar refractivity (Wildman–Crippen MR) is 97.3 cm³/mol. The van der Waals surface area contributed by atoms with Crippen LogP contribution >= 0.6 is 0 Å². The summed E-state index contributed by atoms with van der Waals surface area (Å²) < 4.78 is 16.2. The van der Waals surface area contributed by atoms with Crippen LogP contribution < -0.4 is 19.6 Å². The number of fused-ring (bicyclic) bond motifs is 2. The highest BCUT2D eigenvalue weighted by Gasteiger charge is 2.11. The van der Waals surface area contributed by atoms with Crippen molar-refractivity contribution in [2.24, 2.45) is 5.10 Å². The molecule has 0 bridgehead atoms. The van der Waals surface area contributed by atoms with Crippen molar-refractivity contribution in [3.05, 3.63) is 53.7 Å². The largest absolute Gasteiger partial charge is 0.497 e. The monoisotopic (exact) mass is 351 g/mol. The molecule has 0 saturated carbocycles.